The minimum Gasteiger partial charge on any atom is -0.505 e. The van der Waals surface area contributed by atoms with Gasteiger partial charge in [-0.1, -0.05) is 18.2 Å². The molecule has 5 heteroatoms. The van der Waals surface area contributed by atoms with E-state index in [1.165, 1.54) is 14.2 Å². The van der Waals surface area contributed by atoms with Gasteiger partial charge in [-0.2, -0.15) is 0 Å². The molecule has 1 aromatic carbocycles. The molecule has 0 amide bonds. The van der Waals surface area contributed by atoms with Crippen molar-refractivity contribution in [3.63, 3.8) is 0 Å². The Bertz CT molecular complexity index is 657. The molecule has 0 saturated carbocycles. The van der Waals surface area contributed by atoms with Gasteiger partial charge in [0.1, 0.15) is 0 Å². The topological polar surface area (TPSA) is 68.5 Å². The molecular weight excluding hydrogens is 222 g/mol. The van der Waals surface area contributed by atoms with Crippen molar-refractivity contribution < 1.29 is 14.6 Å². The van der Waals surface area contributed by atoms with Gasteiger partial charge in [-0.3, -0.25) is 4.79 Å². The van der Waals surface area contributed by atoms with E-state index in [-0.39, 0.29) is 17.0 Å². The molecule has 0 aliphatic heterocycles. The Labute approximate surface area is 96.9 Å². The molecule has 0 aliphatic carbocycles. The number of ether oxygens (including phenoxy) is 1. The molecule has 0 fully saturated rings. The number of pyridine rings is 1. The number of carbonyl (C=O) groups is 1. The zero-order valence-corrected chi connectivity index (χ0v) is 9.43. The van der Waals surface area contributed by atoms with E-state index in [0.29, 0.717) is 10.8 Å². The third-order valence-corrected chi connectivity index (χ3v) is 2.66. The molecular formula is C12H11NO4. The normalized spacial score (nSPS) is 10.5. The van der Waals surface area contributed by atoms with E-state index >= 15 is 0 Å². The fourth-order valence-corrected chi connectivity index (χ4v) is 1.78. The quantitative estimate of drug-likeness (QED) is 0.747. The fourth-order valence-electron chi connectivity index (χ4n) is 1.78. The predicted molar refractivity (Wildman–Crippen MR) is 62.2 cm³/mol. The van der Waals surface area contributed by atoms with Gasteiger partial charge >= 0.3 is 5.97 Å². The average molecular weight is 233 g/mol. The lowest BCUT2D eigenvalue weighted by Gasteiger charge is -2.10. The van der Waals surface area contributed by atoms with Crippen LogP contribution in [0.1, 0.15) is 10.5 Å². The maximum atomic E-state index is 12.0. The minimum absolute atomic E-state index is 0.142. The lowest BCUT2D eigenvalue weighted by atomic mass is 10.1. The number of aromatic nitrogens is 1. The first-order valence-electron chi connectivity index (χ1n) is 4.97. The van der Waals surface area contributed by atoms with Gasteiger partial charge in [-0.05, 0) is 6.07 Å². The van der Waals surface area contributed by atoms with Gasteiger partial charge in [-0.25, -0.2) is 4.79 Å². The second kappa shape index (κ2) is 3.93. The van der Waals surface area contributed by atoms with Crippen molar-refractivity contribution >= 4 is 16.7 Å². The Morgan fingerprint density at radius 3 is 2.47 bits per heavy atom. The molecule has 5 nitrogen and oxygen atoms in total. The number of aromatic hydroxyl groups is 1. The van der Waals surface area contributed by atoms with Crippen molar-refractivity contribution in [2.75, 3.05) is 7.11 Å². The summed E-state index contributed by atoms with van der Waals surface area (Å²) in [5.74, 6) is -0.984. The highest BCUT2D eigenvalue weighted by Gasteiger charge is 2.20. The summed E-state index contributed by atoms with van der Waals surface area (Å²) in [4.78, 5) is 23.5. The summed E-state index contributed by atoms with van der Waals surface area (Å²) >= 11 is 0. The number of rotatable bonds is 1. The summed E-state index contributed by atoms with van der Waals surface area (Å²) < 4.78 is 5.63. The SMILES string of the molecule is COC(=O)c1c(O)c2ccccc2c(=O)n1C. The van der Waals surface area contributed by atoms with Gasteiger partial charge < -0.3 is 14.4 Å². The standard InChI is InChI=1S/C12H11NO4/c1-13-9(12(16)17-2)10(14)7-5-3-4-6-8(7)11(13)15/h3-6,14H,1-2H3. The van der Waals surface area contributed by atoms with Crippen LogP contribution in [-0.4, -0.2) is 22.8 Å². The van der Waals surface area contributed by atoms with Gasteiger partial charge in [0.25, 0.3) is 5.56 Å². The van der Waals surface area contributed by atoms with E-state index in [4.69, 9.17) is 0 Å². The Hall–Kier alpha value is -2.30. The van der Waals surface area contributed by atoms with E-state index < -0.39 is 5.97 Å². The number of esters is 1. The molecule has 88 valence electrons. The lowest BCUT2D eigenvalue weighted by molar-refractivity contribution is 0.0585. The third kappa shape index (κ3) is 1.56. The molecule has 1 heterocycles. The fraction of sp³-hybridized carbons (Fsp3) is 0.167. The number of methoxy groups -OCH3 is 1. The Balaban J connectivity index is 2.97. The molecule has 1 aromatic heterocycles. The Morgan fingerprint density at radius 2 is 1.88 bits per heavy atom. The Morgan fingerprint density at radius 1 is 1.29 bits per heavy atom. The summed E-state index contributed by atoms with van der Waals surface area (Å²) in [7, 11) is 2.61. The van der Waals surface area contributed by atoms with Gasteiger partial charge in [0.15, 0.2) is 11.4 Å². The first-order valence-corrected chi connectivity index (χ1v) is 4.97. The van der Waals surface area contributed by atoms with Crippen LogP contribution in [-0.2, 0) is 11.8 Å². The second-order valence-corrected chi connectivity index (χ2v) is 3.60. The molecule has 0 bridgehead atoms. The summed E-state index contributed by atoms with van der Waals surface area (Å²) in [6.45, 7) is 0. The van der Waals surface area contributed by atoms with Crippen LogP contribution in [0.25, 0.3) is 10.8 Å². The van der Waals surface area contributed by atoms with E-state index in [2.05, 4.69) is 4.74 Å². The number of carbonyl (C=O) groups excluding carboxylic acids is 1. The van der Waals surface area contributed by atoms with Crippen LogP contribution in [0.15, 0.2) is 29.1 Å². The van der Waals surface area contributed by atoms with Crippen molar-refractivity contribution in [3.05, 3.63) is 40.3 Å². The van der Waals surface area contributed by atoms with Crippen LogP contribution in [0.3, 0.4) is 0 Å². The largest absolute Gasteiger partial charge is 0.505 e. The van der Waals surface area contributed by atoms with Crippen LogP contribution in [0.4, 0.5) is 0 Å². The molecule has 0 atom stereocenters. The maximum Gasteiger partial charge on any atom is 0.358 e. The average Bonchev–Trinajstić information content (AvgIpc) is 2.36. The molecule has 0 aliphatic rings. The smallest absolute Gasteiger partial charge is 0.358 e. The van der Waals surface area contributed by atoms with Crippen LogP contribution < -0.4 is 5.56 Å². The highest BCUT2D eigenvalue weighted by atomic mass is 16.5. The van der Waals surface area contributed by atoms with E-state index in [0.717, 1.165) is 4.57 Å². The van der Waals surface area contributed by atoms with Crippen LogP contribution in [0.2, 0.25) is 0 Å². The minimum atomic E-state index is -0.743. The van der Waals surface area contributed by atoms with E-state index in [1.807, 2.05) is 0 Å². The summed E-state index contributed by atoms with van der Waals surface area (Å²) in [6, 6.07) is 6.56. The predicted octanol–water partition coefficient (Wildman–Crippen LogP) is 1.03. The summed E-state index contributed by atoms with van der Waals surface area (Å²) in [6.07, 6.45) is 0. The van der Waals surface area contributed by atoms with Crippen molar-refractivity contribution in [2.45, 2.75) is 0 Å². The first-order chi connectivity index (χ1) is 8.07. The van der Waals surface area contributed by atoms with Crippen molar-refractivity contribution in [1.29, 1.82) is 0 Å². The van der Waals surface area contributed by atoms with Crippen molar-refractivity contribution in [3.8, 4) is 5.75 Å². The molecule has 17 heavy (non-hydrogen) atoms. The van der Waals surface area contributed by atoms with E-state index in [1.54, 1.807) is 24.3 Å². The Kier molecular flexibility index (Phi) is 2.59. The van der Waals surface area contributed by atoms with Crippen LogP contribution in [0, 0.1) is 0 Å². The highest BCUT2D eigenvalue weighted by molar-refractivity contribution is 5.99. The summed E-state index contributed by atoms with van der Waals surface area (Å²) in [5, 5.41) is 10.7. The molecule has 0 radical (unpaired) electrons. The maximum absolute atomic E-state index is 12.0. The van der Waals surface area contributed by atoms with Gasteiger partial charge in [0.05, 0.1) is 12.5 Å². The number of benzene rings is 1. The monoisotopic (exact) mass is 233 g/mol. The third-order valence-electron chi connectivity index (χ3n) is 2.66. The molecule has 0 unspecified atom stereocenters. The molecule has 0 spiro atoms. The highest BCUT2D eigenvalue weighted by Crippen LogP contribution is 2.25. The number of hydrogen-bond acceptors (Lipinski definition) is 4. The van der Waals surface area contributed by atoms with Crippen molar-refractivity contribution in [2.24, 2.45) is 7.05 Å². The number of hydrogen-bond donors (Lipinski definition) is 1. The van der Waals surface area contributed by atoms with Gasteiger partial charge in [0.2, 0.25) is 0 Å². The molecule has 1 N–H and O–H groups in total. The number of fused-ring (bicyclic) bond motifs is 1. The first kappa shape index (κ1) is 11.2. The van der Waals surface area contributed by atoms with E-state index in [9.17, 15) is 14.7 Å². The summed E-state index contributed by atoms with van der Waals surface area (Å²) in [5.41, 5.74) is -0.491. The zero-order chi connectivity index (χ0) is 12.6. The van der Waals surface area contributed by atoms with Gasteiger partial charge in [-0.15, -0.1) is 0 Å². The lowest BCUT2D eigenvalue weighted by Crippen LogP contribution is -2.24. The molecule has 0 saturated heterocycles. The van der Waals surface area contributed by atoms with Crippen LogP contribution >= 0.6 is 0 Å². The molecule has 2 rings (SSSR count). The van der Waals surface area contributed by atoms with Gasteiger partial charge in [0, 0.05) is 12.4 Å². The van der Waals surface area contributed by atoms with Crippen LogP contribution in [0.5, 0.6) is 5.75 Å². The molecule has 2 aromatic rings. The zero-order valence-electron chi connectivity index (χ0n) is 9.43. The van der Waals surface area contributed by atoms with Crippen molar-refractivity contribution in [1.82, 2.24) is 4.57 Å². The number of nitrogens with zero attached hydrogens (tertiary/aromatic N) is 1. The second-order valence-electron chi connectivity index (χ2n) is 3.60.